The second kappa shape index (κ2) is 9.75. The Morgan fingerprint density at radius 3 is 2.42 bits per heavy atom. The van der Waals surface area contributed by atoms with Gasteiger partial charge >= 0.3 is 11.9 Å². The summed E-state index contributed by atoms with van der Waals surface area (Å²) in [6.45, 7) is 0.842. The summed E-state index contributed by atoms with van der Waals surface area (Å²) in [7, 11) is 1.59. The first-order valence-corrected chi connectivity index (χ1v) is 11.1. The minimum atomic E-state index is -3.39. The smallest absolute Gasteiger partial charge is 0.354 e. The molecule has 0 saturated carbocycles. The van der Waals surface area contributed by atoms with E-state index in [1.807, 2.05) is 19.0 Å². The molecular weight excluding hydrogens is 456 g/mol. The van der Waals surface area contributed by atoms with Crippen LogP contribution in [0.2, 0.25) is 0 Å². The third-order valence-corrected chi connectivity index (χ3v) is 6.38. The van der Waals surface area contributed by atoms with Crippen LogP contribution in [-0.4, -0.2) is 73.2 Å². The SMILES string of the molecule is COc1cccc(C(=O)NC2=NC(C(=O)NCCN(C)C)=CS23OC(=O)C=CC(=O)O3)c1O. The van der Waals surface area contributed by atoms with Crippen molar-refractivity contribution in [3.05, 3.63) is 47.0 Å². The van der Waals surface area contributed by atoms with Gasteiger partial charge < -0.3 is 28.4 Å². The second-order valence-corrected chi connectivity index (χ2v) is 9.02. The van der Waals surface area contributed by atoms with Crippen LogP contribution in [0.1, 0.15) is 10.4 Å². The molecule has 2 aliphatic rings. The number of ether oxygens (including phenoxy) is 1. The molecule has 2 heterocycles. The van der Waals surface area contributed by atoms with Crippen LogP contribution in [-0.2, 0) is 22.7 Å². The quantitative estimate of drug-likeness (QED) is 0.524. The van der Waals surface area contributed by atoms with Gasteiger partial charge in [-0.3, -0.25) is 14.9 Å². The molecule has 2 aliphatic heterocycles. The van der Waals surface area contributed by atoms with Gasteiger partial charge in [-0.2, -0.15) is 0 Å². The number of aliphatic imine (C=N–C) groups is 1. The van der Waals surface area contributed by atoms with E-state index in [1.165, 1.54) is 25.3 Å². The van der Waals surface area contributed by atoms with Crippen molar-refractivity contribution < 1.29 is 37.4 Å². The number of phenolic OH excluding ortho intramolecular Hbond substituents is 1. The topological polar surface area (TPSA) is 156 Å². The summed E-state index contributed by atoms with van der Waals surface area (Å²) in [4.78, 5) is 55.5. The van der Waals surface area contributed by atoms with Gasteiger partial charge in [0, 0.05) is 25.2 Å². The van der Waals surface area contributed by atoms with Gasteiger partial charge in [-0.1, -0.05) is 6.07 Å². The van der Waals surface area contributed by atoms with Gasteiger partial charge in [0.25, 0.3) is 11.8 Å². The fourth-order valence-corrected chi connectivity index (χ4v) is 4.62. The molecule has 0 aliphatic carbocycles. The van der Waals surface area contributed by atoms with Gasteiger partial charge in [-0.05, 0) is 36.8 Å². The zero-order valence-corrected chi connectivity index (χ0v) is 18.8. The van der Waals surface area contributed by atoms with E-state index in [1.54, 1.807) is 0 Å². The molecule has 176 valence electrons. The number of hydrogen-bond acceptors (Lipinski definition) is 10. The first-order chi connectivity index (χ1) is 15.6. The molecule has 3 N–H and O–H groups in total. The number of likely N-dealkylation sites (N-methyl/N-ethyl adjacent to an activating group) is 1. The maximum Gasteiger partial charge on any atom is 0.354 e. The molecule has 0 fully saturated rings. The van der Waals surface area contributed by atoms with Crippen LogP contribution in [0.4, 0.5) is 0 Å². The molecule has 1 aromatic rings. The molecule has 0 bridgehead atoms. The molecule has 2 amide bonds. The van der Waals surface area contributed by atoms with E-state index in [0.717, 1.165) is 17.6 Å². The summed E-state index contributed by atoms with van der Waals surface area (Å²) < 4.78 is 15.6. The Morgan fingerprint density at radius 1 is 1.15 bits per heavy atom. The fourth-order valence-electron chi connectivity index (χ4n) is 2.70. The molecule has 0 aromatic heterocycles. The molecule has 0 atom stereocenters. The number of nitrogens with one attached hydrogen (secondary N) is 2. The Labute approximate surface area is 190 Å². The Balaban J connectivity index is 1.93. The highest BCUT2D eigenvalue weighted by atomic mass is 32.3. The zero-order chi connectivity index (χ0) is 24.2. The fraction of sp³-hybridized carbons (Fsp3) is 0.250. The zero-order valence-electron chi connectivity index (χ0n) is 18.0. The van der Waals surface area contributed by atoms with Crippen LogP contribution in [0, 0.1) is 0 Å². The van der Waals surface area contributed by atoms with Crippen molar-refractivity contribution in [1.29, 1.82) is 0 Å². The largest absolute Gasteiger partial charge is 0.504 e. The number of phenols is 1. The third kappa shape index (κ3) is 5.32. The maximum absolute atomic E-state index is 12.9. The van der Waals surface area contributed by atoms with Gasteiger partial charge in [-0.15, -0.1) is 0 Å². The van der Waals surface area contributed by atoms with Crippen LogP contribution >= 0.6 is 10.6 Å². The predicted molar refractivity (Wildman–Crippen MR) is 118 cm³/mol. The monoisotopic (exact) mass is 478 g/mol. The summed E-state index contributed by atoms with van der Waals surface area (Å²) in [6, 6.07) is 4.24. The van der Waals surface area contributed by atoms with Crippen LogP contribution in [0.15, 0.2) is 46.4 Å². The number of amides is 2. The van der Waals surface area contributed by atoms with E-state index in [2.05, 4.69) is 15.6 Å². The molecular formula is C20H22N4O8S. The lowest BCUT2D eigenvalue weighted by molar-refractivity contribution is -0.129. The van der Waals surface area contributed by atoms with Gasteiger partial charge in [0.05, 0.1) is 18.1 Å². The van der Waals surface area contributed by atoms with Gasteiger partial charge in [0.1, 0.15) is 5.70 Å². The van der Waals surface area contributed by atoms with E-state index in [0.29, 0.717) is 13.1 Å². The van der Waals surface area contributed by atoms with Gasteiger partial charge in [0.2, 0.25) is 5.17 Å². The van der Waals surface area contributed by atoms with E-state index in [9.17, 15) is 24.3 Å². The molecule has 0 unspecified atom stereocenters. The van der Waals surface area contributed by atoms with Crippen molar-refractivity contribution in [2.45, 2.75) is 0 Å². The van der Waals surface area contributed by atoms with Crippen molar-refractivity contribution in [3.8, 4) is 11.5 Å². The van der Waals surface area contributed by atoms with Crippen molar-refractivity contribution in [2.75, 3.05) is 34.3 Å². The highest BCUT2D eigenvalue weighted by Crippen LogP contribution is 2.58. The standard InChI is InChI=1S/C20H22N4O8S/c1-24(2)10-9-21-19(29)13-11-33(31-15(25)7-8-16(26)32-33)20(22-13)23-18(28)12-5-4-6-14(30-3)17(12)27/h4-8,11,27H,9-10H2,1-3H3,(H,21,29)(H,22,23,28). The Bertz CT molecular complexity index is 1080. The number of para-hydroxylation sites is 1. The lowest BCUT2D eigenvalue weighted by Crippen LogP contribution is -2.35. The average molecular weight is 478 g/mol. The summed E-state index contributed by atoms with van der Waals surface area (Å²) in [6.07, 6.45) is 1.72. The highest BCUT2D eigenvalue weighted by Gasteiger charge is 2.41. The van der Waals surface area contributed by atoms with Gasteiger partial charge in [-0.25, -0.2) is 14.6 Å². The van der Waals surface area contributed by atoms with Gasteiger partial charge in [0.15, 0.2) is 11.5 Å². The van der Waals surface area contributed by atoms with Crippen LogP contribution in [0.3, 0.4) is 0 Å². The molecule has 0 radical (unpaired) electrons. The van der Waals surface area contributed by atoms with E-state index in [-0.39, 0.29) is 22.2 Å². The predicted octanol–water partition coefficient (Wildman–Crippen LogP) is 0.310. The molecule has 0 saturated heterocycles. The van der Waals surface area contributed by atoms with Crippen LogP contribution in [0.25, 0.3) is 0 Å². The third-order valence-electron chi connectivity index (χ3n) is 4.29. The number of methoxy groups -OCH3 is 1. The Morgan fingerprint density at radius 2 is 1.82 bits per heavy atom. The number of amidine groups is 1. The highest BCUT2D eigenvalue weighted by molar-refractivity contribution is 8.41. The number of benzene rings is 1. The molecule has 12 nitrogen and oxygen atoms in total. The minimum absolute atomic E-state index is 0.0497. The first kappa shape index (κ1) is 23.8. The number of aromatic hydroxyl groups is 1. The number of nitrogens with zero attached hydrogens (tertiary/aromatic N) is 2. The molecule has 33 heavy (non-hydrogen) atoms. The molecule has 13 heteroatoms. The number of hydrogen-bond donors (Lipinski definition) is 3. The summed E-state index contributed by atoms with van der Waals surface area (Å²) in [5, 5.41) is 16.0. The van der Waals surface area contributed by atoms with E-state index < -0.39 is 40.1 Å². The number of rotatable bonds is 6. The Hall–Kier alpha value is -3.84. The lowest BCUT2D eigenvalue weighted by atomic mass is 10.2. The van der Waals surface area contributed by atoms with Crippen molar-refractivity contribution in [3.63, 3.8) is 0 Å². The lowest BCUT2D eigenvalue weighted by Gasteiger charge is -2.34. The van der Waals surface area contributed by atoms with Crippen molar-refractivity contribution in [2.24, 2.45) is 4.99 Å². The summed E-state index contributed by atoms with van der Waals surface area (Å²) in [5.74, 6) is -3.72. The van der Waals surface area contributed by atoms with Crippen molar-refractivity contribution >= 4 is 39.5 Å². The molecule has 1 aromatic carbocycles. The second-order valence-electron chi connectivity index (χ2n) is 6.97. The first-order valence-electron chi connectivity index (χ1n) is 9.54. The van der Waals surface area contributed by atoms with E-state index in [4.69, 9.17) is 13.1 Å². The summed E-state index contributed by atoms with van der Waals surface area (Å²) >= 11 is 0. The minimum Gasteiger partial charge on any atom is -0.504 e. The van der Waals surface area contributed by atoms with E-state index >= 15 is 0 Å². The normalized spacial score (nSPS) is 17.5. The number of carbonyl (C=O) groups is 4. The summed E-state index contributed by atoms with van der Waals surface area (Å²) in [5.41, 5.74) is -0.392. The Kier molecular flexibility index (Phi) is 7.04. The van der Waals surface area contributed by atoms with Crippen LogP contribution in [0.5, 0.6) is 11.5 Å². The average Bonchev–Trinajstić information content (AvgIpc) is 3.00. The molecule has 1 spiro atoms. The number of carbonyl (C=O) groups excluding carboxylic acids is 4. The van der Waals surface area contributed by atoms with Crippen molar-refractivity contribution in [1.82, 2.24) is 15.5 Å². The molecule has 3 rings (SSSR count). The van der Waals surface area contributed by atoms with Crippen LogP contribution < -0.4 is 15.4 Å². The maximum atomic E-state index is 12.9.